The number of nitrogens with one attached hydrogen (secondary N) is 2. The molecule has 1 atom stereocenters. The van der Waals surface area contributed by atoms with Gasteiger partial charge in [0.25, 0.3) is 5.56 Å². The quantitative estimate of drug-likeness (QED) is 0.370. The molecule has 3 rings (SSSR count). The van der Waals surface area contributed by atoms with Gasteiger partial charge in [0.05, 0.1) is 12.5 Å². The average molecular weight is 514 g/mol. The maximum atomic E-state index is 12.6. The molecule has 1 aromatic heterocycles. The molecule has 34 heavy (non-hydrogen) atoms. The van der Waals surface area contributed by atoms with E-state index < -0.39 is 30.0 Å². The van der Waals surface area contributed by atoms with E-state index in [2.05, 4.69) is 10.6 Å². The number of carbonyl (C=O) groups excluding carboxylic acids is 1. The molecule has 4 N–H and O–H groups in total. The number of hydrogen-bond acceptors (Lipinski definition) is 4. The summed E-state index contributed by atoms with van der Waals surface area (Å²) in [6.45, 7) is 1.58. The van der Waals surface area contributed by atoms with Crippen LogP contribution in [-0.4, -0.2) is 56.3 Å². The molecule has 1 heterocycles. The van der Waals surface area contributed by atoms with Crippen molar-refractivity contribution in [1.29, 1.82) is 0 Å². The Labute approximate surface area is 227 Å². The van der Waals surface area contributed by atoms with Crippen LogP contribution in [0.25, 0.3) is 11.1 Å². The van der Waals surface area contributed by atoms with Gasteiger partial charge in [-0.25, -0.2) is 4.79 Å². The molecule has 2 aromatic carbocycles. The minimum absolute atomic E-state index is 0. The SMILES string of the molecule is Cc1cn(C)c(=O)c(NC(=O)NC(CC(=O)O)c2cccc(-c3ccc(Cl)cc3Cl)c2)c1O.[NaH]. The number of aromatic nitrogens is 1. The number of carbonyl (C=O) groups is 2. The van der Waals surface area contributed by atoms with Gasteiger partial charge in [0.1, 0.15) is 5.75 Å². The number of carboxylic acids is 1. The number of aliphatic carboxylic acids is 1. The van der Waals surface area contributed by atoms with Crippen molar-refractivity contribution in [2.45, 2.75) is 19.4 Å². The summed E-state index contributed by atoms with van der Waals surface area (Å²) in [6, 6.07) is 10.2. The Morgan fingerprint density at radius 3 is 2.50 bits per heavy atom. The minimum atomic E-state index is -1.13. The fourth-order valence-corrected chi connectivity index (χ4v) is 3.90. The van der Waals surface area contributed by atoms with Crippen molar-refractivity contribution < 1.29 is 19.8 Å². The van der Waals surface area contributed by atoms with Gasteiger partial charge in [0.2, 0.25) is 0 Å². The Kier molecular flexibility index (Phi) is 9.61. The number of hydrogen-bond donors (Lipinski definition) is 4. The molecule has 0 aliphatic carbocycles. The Bertz CT molecular complexity index is 1300. The molecule has 0 radical (unpaired) electrons. The number of urea groups is 1. The van der Waals surface area contributed by atoms with Crippen LogP contribution in [0, 0.1) is 6.92 Å². The van der Waals surface area contributed by atoms with Gasteiger partial charge in [0.15, 0.2) is 5.69 Å². The summed E-state index contributed by atoms with van der Waals surface area (Å²) in [5, 5.41) is 25.4. The van der Waals surface area contributed by atoms with Crippen LogP contribution in [0.5, 0.6) is 5.75 Å². The second-order valence-electron chi connectivity index (χ2n) is 7.45. The molecule has 0 saturated carbocycles. The van der Waals surface area contributed by atoms with E-state index in [-0.39, 0.29) is 41.0 Å². The molecule has 3 aromatic rings. The summed E-state index contributed by atoms with van der Waals surface area (Å²) >= 11 is 12.3. The molecule has 174 valence electrons. The Balaban J connectivity index is 0.00000408. The van der Waals surface area contributed by atoms with Crippen LogP contribution < -0.4 is 16.2 Å². The predicted octanol–water partition coefficient (Wildman–Crippen LogP) is 4.06. The first-order chi connectivity index (χ1) is 15.6. The number of aryl methyl sites for hydroxylation is 2. The molecule has 0 aliphatic heterocycles. The van der Waals surface area contributed by atoms with Gasteiger partial charge in [-0.15, -0.1) is 0 Å². The Morgan fingerprint density at radius 2 is 1.85 bits per heavy atom. The topological polar surface area (TPSA) is 121 Å². The molecule has 2 amide bonds. The van der Waals surface area contributed by atoms with Crippen molar-refractivity contribution in [3.63, 3.8) is 0 Å². The standard InChI is InChI=1S/C23H21Cl2N3O5.Na.H/c1-12-11-28(2)22(32)20(21(12)31)27-23(33)26-18(10-19(29)30)14-5-3-4-13(8-14)16-7-6-15(24)9-17(16)25;;/h3-9,11,18,31H,10H2,1-2H3,(H,29,30)(H2,26,27,33);;. The molecule has 0 fully saturated rings. The normalized spacial score (nSPS) is 11.3. The monoisotopic (exact) mass is 513 g/mol. The van der Waals surface area contributed by atoms with Crippen LogP contribution in [0.4, 0.5) is 10.5 Å². The van der Waals surface area contributed by atoms with Gasteiger partial charge >= 0.3 is 41.6 Å². The zero-order chi connectivity index (χ0) is 24.3. The van der Waals surface area contributed by atoms with Crippen LogP contribution in [0.15, 0.2) is 53.5 Å². The molecule has 1 unspecified atom stereocenters. The van der Waals surface area contributed by atoms with E-state index >= 15 is 0 Å². The number of anilines is 1. The van der Waals surface area contributed by atoms with Crippen molar-refractivity contribution >= 4 is 70.4 Å². The summed E-state index contributed by atoms with van der Waals surface area (Å²) in [5.74, 6) is -1.49. The van der Waals surface area contributed by atoms with Crippen LogP contribution in [0.2, 0.25) is 10.0 Å². The first-order valence-electron chi connectivity index (χ1n) is 9.80. The van der Waals surface area contributed by atoms with E-state index in [1.165, 1.54) is 17.8 Å². The molecule has 0 bridgehead atoms. The molecule has 8 nitrogen and oxygen atoms in total. The van der Waals surface area contributed by atoms with Crippen molar-refractivity contribution in [3.8, 4) is 16.9 Å². The number of aromatic hydroxyl groups is 1. The van der Waals surface area contributed by atoms with Crippen molar-refractivity contribution in [2.24, 2.45) is 7.05 Å². The van der Waals surface area contributed by atoms with E-state index in [1.807, 2.05) is 0 Å². The number of benzene rings is 2. The number of carboxylic acid groups (broad SMARTS) is 1. The van der Waals surface area contributed by atoms with Crippen LogP contribution in [-0.2, 0) is 11.8 Å². The van der Waals surface area contributed by atoms with Crippen molar-refractivity contribution in [2.75, 3.05) is 5.32 Å². The fraction of sp³-hybridized carbons (Fsp3) is 0.174. The zero-order valence-corrected chi connectivity index (χ0v) is 19.2. The van der Waals surface area contributed by atoms with Gasteiger partial charge in [-0.3, -0.25) is 9.59 Å². The second-order valence-corrected chi connectivity index (χ2v) is 8.29. The van der Waals surface area contributed by atoms with E-state index in [0.717, 1.165) is 0 Å². The number of halogens is 2. The van der Waals surface area contributed by atoms with Gasteiger partial charge in [-0.2, -0.15) is 0 Å². The molecule has 0 aliphatic rings. The maximum absolute atomic E-state index is 12.6. The molecule has 0 saturated heterocycles. The summed E-state index contributed by atoms with van der Waals surface area (Å²) in [6.07, 6.45) is 1.02. The van der Waals surface area contributed by atoms with Crippen LogP contribution >= 0.6 is 23.2 Å². The molecule has 11 heteroatoms. The Morgan fingerprint density at radius 1 is 1.15 bits per heavy atom. The van der Waals surface area contributed by atoms with Gasteiger partial charge in [-0.05, 0) is 36.2 Å². The Hall–Kier alpha value is -2.49. The van der Waals surface area contributed by atoms with E-state index in [0.29, 0.717) is 32.3 Å². The summed E-state index contributed by atoms with van der Waals surface area (Å²) in [4.78, 5) is 36.4. The second kappa shape index (κ2) is 11.8. The van der Waals surface area contributed by atoms with Gasteiger partial charge < -0.3 is 25.4 Å². The molecule has 0 spiro atoms. The zero-order valence-electron chi connectivity index (χ0n) is 17.7. The summed E-state index contributed by atoms with van der Waals surface area (Å²) < 4.78 is 1.22. The third-order valence-corrected chi connectivity index (χ3v) is 5.53. The van der Waals surface area contributed by atoms with Crippen molar-refractivity contribution in [3.05, 3.63) is 80.2 Å². The first kappa shape index (κ1) is 27.8. The number of rotatable bonds is 6. The van der Waals surface area contributed by atoms with Gasteiger partial charge in [0, 0.05) is 34.4 Å². The summed E-state index contributed by atoms with van der Waals surface area (Å²) in [7, 11) is 1.48. The average Bonchev–Trinajstić information content (AvgIpc) is 2.74. The van der Waals surface area contributed by atoms with Crippen LogP contribution in [0.3, 0.4) is 0 Å². The fourth-order valence-electron chi connectivity index (χ4n) is 3.38. The summed E-state index contributed by atoms with van der Waals surface area (Å²) in [5.41, 5.74) is 1.39. The third kappa shape index (κ3) is 6.55. The van der Waals surface area contributed by atoms with E-state index in [9.17, 15) is 24.6 Å². The number of pyridine rings is 1. The van der Waals surface area contributed by atoms with Crippen LogP contribution in [0.1, 0.15) is 23.6 Å². The van der Waals surface area contributed by atoms with E-state index in [4.69, 9.17) is 23.2 Å². The molecular formula is C23H22Cl2N3NaO5. The third-order valence-electron chi connectivity index (χ3n) is 4.99. The number of amides is 2. The predicted molar refractivity (Wildman–Crippen MR) is 134 cm³/mol. The van der Waals surface area contributed by atoms with Crippen molar-refractivity contribution in [1.82, 2.24) is 9.88 Å². The number of nitrogens with zero attached hydrogens (tertiary/aromatic N) is 1. The van der Waals surface area contributed by atoms with E-state index in [1.54, 1.807) is 49.4 Å². The van der Waals surface area contributed by atoms with Gasteiger partial charge in [-0.1, -0.05) is 47.5 Å². The first-order valence-corrected chi connectivity index (χ1v) is 10.6. The molecular weight excluding hydrogens is 492 g/mol.